The number of thioether (sulfide) groups is 1. The third-order valence-corrected chi connectivity index (χ3v) is 6.22. The number of carbonyl (C=O) groups excluding carboxylic acids is 1. The van der Waals surface area contributed by atoms with E-state index in [2.05, 4.69) is 20.5 Å². The van der Waals surface area contributed by atoms with Crippen LogP contribution in [0.15, 0.2) is 81.8 Å². The number of amides is 1. The Labute approximate surface area is 190 Å². The van der Waals surface area contributed by atoms with Gasteiger partial charge in [-0.15, -0.1) is 21.5 Å². The molecule has 2 aromatic heterocycles. The summed E-state index contributed by atoms with van der Waals surface area (Å²) in [5, 5.41) is 15.6. The number of thiazole rings is 1. The van der Waals surface area contributed by atoms with Gasteiger partial charge in [0.05, 0.1) is 11.4 Å². The van der Waals surface area contributed by atoms with Crippen molar-refractivity contribution in [3.05, 3.63) is 77.9 Å². The van der Waals surface area contributed by atoms with Crippen molar-refractivity contribution in [3.63, 3.8) is 0 Å². The maximum atomic E-state index is 13.1. The highest BCUT2D eigenvalue weighted by atomic mass is 32.2. The topological polar surface area (TPSA) is 80.9 Å². The molecule has 2 heterocycles. The number of hydrogen-bond donors (Lipinski definition) is 1. The minimum absolute atomic E-state index is 0.0998. The standard InChI is InChI=1S/C23H15FN4O2S2/c24-16-10-8-15(9-11-16)19-12-31-22(25-19)26-20(29)13-32-23-28-27-21(30-23)18-7-3-5-14-4-1-2-6-17(14)18/h1-12H,13H2,(H,25,26,29). The molecule has 0 spiro atoms. The fourth-order valence-electron chi connectivity index (χ4n) is 3.16. The van der Waals surface area contributed by atoms with Crippen molar-refractivity contribution >= 4 is 44.9 Å². The van der Waals surface area contributed by atoms with Gasteiger partial charge in [-0.2, -0.15) is 0 Å². The maximum Gasteiger partial charge on any atom is 0.277 e. The molecule has 32 heavy (non-hydrogen) atoms. The molecule has 0 saturated carbocycles. The highest BCUT2D eigenvalue weighted by molar-refractivity contribution is 7.99. The van der Waals surface area contributed by atoms with Gasteiger partial charge in [0.25, 0.3) is 5.22 Å². The molecule has 0 aliphatic rings. The molecule has 0 bridgehead atoms. The SMILES string of the molecule is O=C(CSc1nnc(-c2cccc3ccccc23)o1)Nc1nc(-c2ccc(F)cc2)cs1. The number of rotatable bonds is 6. The molecule has 0 aliphatic carbocycles. The first-order chi connectivity index (χ1) is 15.7. The lowest BCUT2D eigenvalue weighted by molar-refractivity contribution is -0.113. The molecule has 0 aliphatic heterocycles. The van der Waals surface area contributed by atoms with E-state index in [9.17, 15) is 9.18 Å². The Balaban J connectivity index is 1.22. The number of hydrogen-bond acceptors (Lipinski definition) is 7. The lowest BCUT2D eigenvalue weighted by Crippen LogP contribution is -2.13. The minimum atomic E-state index is -0.306. The minimum Gasteiger partial charge on any atom is -0.411 e. The largest absolute Gasteiger partial charge is 0.411 e. The van der Waals surface area contributed by atoms with Crippen molar-refractivity contribution in [3.8, 4) is 22.7 Å². The zero-order chi connectivity index (χ0) is 21.9. The van der Waals surface area contributed by atoms with Crippen molar-refractivity contribution in [1.82, 2.24) is 15.2 Å². The molecule has 158 valence electrons. The van der Waals surface area contributed by atoms with E-state index in [4.69, 9.17) is 4.42 Å². The highest BCUT2D eigenvalue weighted by Crippen LogP contribution is 2.30. The van der Waals surface area contributed by atoms with Crippen LogP contribution in [0.25, 0.3) is 33.5 Å². The van der Waals surface area contributed by atoms with Crippen molar-refractivity contribution in [2.45, 2.75) is 5.22 Å². The van der Waals surface area contributed by atoms with Gasteiger partial charge in [0.1, 0.15) is 5.82 Å². The summed E-state index contributed by atoms with van der Waals surface area (Å²) in [6, 6.07) is 19.9. The van der Waals surface area contributed by atoms with Crippen molar-refractivity contribution in [2.75, 3.05) is 11.1 Å². The summed E-state index contributed by atoms with van der Waals surface area (Å²) in [6.45, 7) is 0. The quantitative estimate of drug-likeness (QED) is 0.317. The van der Waals surface area contributed by atoms with E-state index in [0.29, 0.717) is 21.9 Å². The molecule has 9 heteroatoms. The fourth-order valence-corrected chi connectivity index (χ4v) is 4.45. The molecule has 1 N–H and O–H groups in total. The van der Waals surface area contributed by atoms with E-state index >= 15 is 0 Å². The van der Waals surface area contributed by atoms with Crippen molar-refractivity contribution < 1.29 is 13.6 Å². The normalized spacial score (nSPS) is 11.0. The number of anilines is 1. The van der Waals surface area contributed by atoms with Crippen LogP contribution >= 0.6 is 23.1 Å². The van der Waals surface area contributed by atoms with E-state index in [1.165, 1.54) is 23.5 Å². The number of carbonyl (C=O) groups is 1. The van der Waals surface area contributed by atoms with E-state index < -0.39 is 0 Å². The van der Waals surface area contributed by atoms with Crippen molar-refractivity contribution in [1.29, 1.82) is 0 Å². The summed E-state index contributed by atoms with van der Waals surface area (Å²) in [7, 11) is 0. The molecule has 5 rings (SSSR count). The highest BCUT2D eigenvalue weighted by Gasteiger charge is 2.14. The zero-order valence-electron chi connectivity index (χ0n) is 16.5. The van der Waals surface area contributed by atoms with E-state index in [1.807, 2.05) is 47.8 Å². The Bertz CT molecular complexity index is 1390. The van der Waals surface area contributed by atoms with Crippen LogP contribution in [-0.4, -0.2) is 26.8 Å². The number of halogens is 1. The second-order valence-electron chi connectivity index (χ2n) is 6.78. The van der Waals surface area contributed by atoms with Crippen LogP contribution in [0.4, 0.5) is 9.52 Å². The average molecular weight is 463 g/mol. The van der Waals surface area contributed by atoms with Gasteiger partial charge in [0.15, 0.2) is 5.13 Å². The second-order valence-corrected chi connectivity index (χ2v) is 8.57. The van der Waals surface area contributed by atoms with Crippen molar-refractivity contribution in [2.24, 2.45) is 0 Å². The number of nitrogens with one attached hydrogen (secondary N) is 1. The Morgan fingerprint density at radius 2 is 1.84 bits per heavy atom. The van der Waals surface area contributed by atoms with E-state index in [0.717, 1.165) is 33.7 Å². The van der Waals surface area contributed by atoms with Gasteiger partial charge in [0, 0.05) is 16.5 Å². The third-order valence-electron chi connectivity index (χ3n) is 4.64. The first-order valence-corrected chi connectivity index (χ1v) is 11.5. The Morgan fingerprint density at radius 3 is 2.72 bits per heavy atom. The molecular formula is C23H15FN4O2S2. The molecule has 0 saturated heterocycles. The van der Waals surface area contributed by atoms with Crippen LogP contribution < -0.4 is 5.32 Å². The van der Waals surface area contributed by atoms with Crippen LogP contribution in [0.2, 0.25) is 0 Å². The molecule has 0 atom stereocenters. The zero-order valence-corrected chi connectivity index (χ0v) is 18.1. The van der Waals surface area contributed by atoms with Gasteiger partial charge in [-0.05, 0) is 41.1 Å². The lowest BCUT2D eigenvalue weighted by atomic mass is 10.0. The van der Waals surface area contributed by atoms with Gasteiger partial charge in [-0.25, -0.2) is 9.37 Å². The number of aromatic nitrogens is 3. The first kappa shape index (κ1) is 20.3. The summed E-state index contributed by atoms with van der Waals surface area (Å²) in [6.07, 6.45) is 0. The molecule has 5 aromatic rings. The van der Waals surface area contributed by atoms with Gasteiger partial charge in [-0.3, -0.25) is 4.79 Å². The van der Waals surface area contributed by atoms with Crippen LogP contribution in [0.5, 0.6) is 0 Å². The second kappa shape index (κ2) is 8.89. The Kier molecular flexibility index (Phi) is 5.66. The van der Waals surface area contributed by atoms with E-state index in [-0.39, 0.29) is 17.5 Å². The van der Waals surface area contributed by atoms with Crippen LogP contribution in [-0.2, 0) is 4.79 Å². The summed E-state index contributed by atoms with van der Waals surface area (Å²) in [4.78, 5) is 16.7. The lowest BCUT2D eigenvalue weighted by Gasteiger charge is -2.02. The molecule has 0 fully saturated rings. The summed E-state index contributed by atoms with van der Waals surface area (Å²) in [5.41, 5.74) is 2.31. The fraction of sp³-hybridized carbons (Fsp3) is 0.0435. The van der Waals surface area contributed by atoms with Crippen LogP contribution in [0.3, 0.4) is 0 Å². The number of nitrogens with zero attached hydrogens (tertiary/aromatic N) is 3. The molecule has 0 unspecified atom stereocenters. The van der Waals surface area contributed by atoms with Crippen LogP contribution in [0, 0.1) is 5.82 Å². The molecule has 0 radical (unpaired) electrons. The van der Waals surface area contributed by atoms with Gasteiger partial charge in [-0.1, -0.05) is 48.2 Å². The van der Waals surface area contributed by atoms with Gasteiger partial charge < -0.3 is 9.73 Å². The summed E-state index contributed by atoms with van der Waals surface area (Å²) < 4.78 is 18.8. The Hall–Kier alpha value is -3.56. The first-order valence-electron chi connectivity index (χ1n) is 9.61. The predicted octanol–water partition coefficient (Wildman–Crippen LogP) is 5.88. The number of fused-ring (bicyclic) bond motifs is 1. The summed E-state index contributed by atoms with van der Waals surface area (Å²) >= 11 is 2.46. The Morgan fingerprint density at radius 1 is 1.03 bits per heavy atom. The van der Waals surface area contributed by atoms with Gasteiger partial charge >= 0.3 is 0 Å². The van der Waals surface area contributed by atoms with Gasteiger partial charge in [0.2, 0.25) is 11.8 Å². The third kappa shape index (κ3) is 4.39. The smallest absolute Gasteiger partial charge is 0.277 e. The van der Waals surface area contributed by atoms with Crippen LogP contribution in [0.1, 0.15) is 0 Å². The molecule has 3 aromatic carbocycles. The summed E-state index contributed by atoms with van der Waals surface area (Å²) in [5.74, 6) is -0.0320. The molecular weight excluding hydrogens is 447 g/mol. The van der Waals surface area contributed by atoms with E-state index in [1.54, 1.807) is 12.1 Å². The number of benzene rings is 3. The molecule has 1 amide bonds. The molecule has 6 nitrogen and oxygen atoms in total. The predicted molar refractivity (Wildman–Crippen MR) is 124 cm³/mol. The average Bonchev–Trinajstić information content (AvgIpc) is 3.48. The maximum absolute atomic E-state index is 13.1. The monoisotopic (exact) mass is 462 g/mol.